The lowest BCUT2D eigenvalue weighted by Crippen LogP contribution is -2.36. The van der Waals surface area contributed by atoms with Crippen LogP contribution in [-0.4, -0.2) is 37.4 Å². The number of hydrogen-bond acceptors (Lipinski definition) is 5. The second kappa shape index (κ2) is 6.72. The highest BCUT2D eigenvalue weighted by atomic mass is 35.5. The number of halogens is 1. The van der Waals surface area contributed by atoms with Crippen LogP contribution in [-0.2, 0) is 13.0 Å². The van der Waals surface area contributed by atoms with Crippen LogP contribution >= 0.6 is 11.6 Å². The highest BCUT2D eigenvalue weighted by Crippen LogP contribution is 2.26. The van der Waals surface area contributed by atoms with Crippen molar-refractivity contribution in [2.24, 2.45) is 0 Å². The van der Waals surface area contributed by atoms with Gasteiger partial charge in [-0.25, -0.2) is 9.97 Å². The minimum Gasteiger partial charge on any atom is -0.506 e. The Morgan fingerprint density at radius 2 is 2.08 bits per heavy atom. The van der Waals surface area contributed by atoms with E-state index >= 15 is 0 Å². The quantitative estimate of drug-likeness (QED) is 0.754. The summed E-state index contributed by atoms with van der Waals surface area (Å²) >= 11 is 5.91. The minimum atomic E-state index is -0.133. The normalized spacial score (nSPS) is 13.3. The van der Waals surface area contributed by atoms with Crippen LogP contribution in [0.4, 0.5) is 0 Å². The van der Waals surface area contributed by atoms with Gasteiger partial charge in [0.2, 0.25) is 0 Å². The smallest absolute Gasteiger partial charge is 0.254 e. The van der Waals surface area contributed by atoms with Crippen LogP contribution in [0.5, 0.6) is 5.75 Å². The number of fused-ring (bicyclic) bond motifs is 1. The zero-order chi connectivity index (χ0) is 18.1. The van der Waals surface area contributed by atoms with E-state index in [0.29, 0.717) is 30.9 Å². The Bertz CT molecular complexity index is 979. The van der Waals surface area contributed by atoms with Gasteiger partial charge in [-0.3, -0.25) is 9.78 Å². The lowest BCUT2D eigenvalue weighted by Gasteiger charge is -2.28. The molecule has 0 radical (unpaired) electrons. The topological polar surface area (TPSA) is 79.2 Å². The van der Waals surface area contributed by atoms with Gasteiger partial charge in [-0.1, -0.05) is 17.7 Å². The first-order chi connectivity index (χ1) is 12.6. The molecular formula is C19H15ClN4O2. The molecular weight excluding hydrogens is 352 g/mol. The first kappa shape index (κ1) is 16.5. The number of aromatic nitrogens is 3. The second-order valence-corrected chi connectivity index (χ2v) is 6.43. The van der Waals surface area contributed by atoms with Gasteiger partial charge in [-0.05, 0) is 30.3 Å². The van der Waals surface area contributed by atoms with Gasteiger partial charge < -0.3 is 10.0 Å². The molecule has 4 rings (SSSR count). The van der Waals surface area contributed by atoms with Crippen LogP contribution in [0.1, 0.15) is 21.6 Å². The molecule has 26 heavy (non-hydrogen) atoms. The highest BCUT2D eigenvalue weighted by Gasteiger charge is 2.24. The van der Waals surface area contributed by atoms with E-state index < -0.39 is 0 Å². The van der Waals surface area contributed by atoms with Gasteiger partial charge in [0.15, 0.2) is 5.82 Å². The van der Waals surface area contributed by atoms with E-state index in [1.165, 1.54) is 12.1 Å². The summed E-state index contributed by atoms with van der Waals surface area (Å²) in [5.41, 5.74) is 3.04. The molecule has 2 aromatic heterocycles. The number of carbonyl (C=O) groups excluding carboxylic acids is 1. The average molecular weight is 367 g/mol. The summed E-state index contributed by atoms with van der Waals surface area (Å²) in [6, 6.07) is 10.1. The van der Waals surface area contributed by atoms with Crippen molar-refractivity contribution in [3.63, 3.8) is 0 Å². The summed E-state index contributed by atoms with van der Waals surface area (Å²) in [6.07, 6.45) is 4.12. The number of phenols is 1. The molecule has 0 saturated heterocycles. The van der Waals surface area contributed by atoms with Gasteiger partial charge in [0.25, 0.3) is 5.91 Å². The molecule has 0 aliphatic carbocycles. The number of carbonyl (C=O) groups is 1. The predicted molar refractivity (Wildman–Crippen MR) is 96.8 cm³/mol. The summed E-state index contributed by atoms with van der Waals surface area (Å²) in [5, 5.41) is 9.67. The number of pyridine rings is 1. The zero-order valence-electron chi connectivity index (χ0n) is 13.8. The van der Waals surface area contributed by atoms with Crippen molar-refractivity contribution in [3.05, 3.63) is 70.6 Å². The Kier molecular flexibility index (Phi) is 4.26. The molecule has 3 aromatic rings. The lowest BCUT2D eigenvalue weighted by molar-refractivity contribution is 0.0733. The van der Waals surface area contributed by atoms with Crippen molar-refractivity contribution in [3.8, 4) is 17.3 Å². The summed E-state index contributed by atoms with van der Waals surface area (Å²) in [5.74, 6) is 0.420. The van der Waals surface area contributed by atoms with Gasteiger partial charge in [-0.2, -0.15) is 0 Å². The first-order valence-electron chi connectivity index (χ1n) is 8.16. The molecule has 1 aromatic carbocycles. The molecule has 3 heterocycles. The number of hydrogen-bond donors (Lipinski definition) is 1. The molecule has 0 bridgehead atoms. The Morgan fingerprint density at radius 3 is 2.85 bits per heavy atom. The number of rotatable bonds is 2. The van der Waals surface area contributed by atoms with E-state index in [1.807, 2.05) is 18.2 Å². The van der Waals surface area contributed by atoms with Crippen molar-refractivity contribution in [1.29, 1.82) is 0 Å². The monoisotopic (exact) mass is 366 g/mol. The summed E-state index contributed by atoms with van der Waals surface area (Å²) in [6.45, 7) is 0.998. The van der Waals surface area contributed by atoms with Crippen molar-refractivity contribution < 1.29 is 9.90 Å². The Hall–Kier alpha value is -2.99. The van der Waals surface area contributed by atoms with Crippen LogP contribution in [0.2, 0.25) is 5.02 Å². The maximum Gasteiger partial charge on any atom is 0.254 e. The van der Waals surface area contributed by atoms with Crippen molar-refractivity contribution >= 4 is 17.5 Å². The molecule has 0 unspecified atom stereocenters. The number of amides is 1. The standard InChI is InChI=1S/C19H15ClN4O2/c20-14-9-12(4-5-17(14)25)19(26)24-8-6-15-13(11-24)10-22-18(23-15)16-3-1-2-7-21-16/h1-5,7,9-10,25H,6,8,11H2. The summed E-state index contributed by atoms with van der Waals surface area (Å²) in [4.78, 5) is 27.7. The Labute approximate surface area is 155 Å². The lowest BCUT2D eigenvalue weighted by atomic mass is 10.1. The third-order valence-electron chi connectivity index (χ3n) is 4.31. The first-order valence-corrected chi connectivity index (χ1v) is 8.53. The van der Waals surface area contributed by atoms with E-state index in [-0.39, 0.29) is 16.7 Å². The van der Waals surface area contributed by atoms with Gasteiger partial charge in [0.05, 0.1) is 10.7 Å². The predicted octanol–water partition coefficient (Wildman–Crippen LogP) is 3.10. The number of aromatic hydroxyl groups is 1. The van der Waals surface area contributed by atoms with Crippen LogP contribution in [0.25, 0.3) is 11.5 Å². The number of nitrogens with zero attached hydrogens (tertiary/aromatic N) is 4. The van der Waals surface area contributed by atoms with E-state index in [4.69, 9.17) is 11.6 Å². The Balaban J connectivity index is 1.56. The minimum absolute atomic E-state index is 0.0392. The van der Waals surface area contributed by atoms with E-state index in [0.717, 1.165) is 17.0 Å². The highest BCUT2D eigenvalue weighted by molar-refractivity contribution is 6.32. The molecule has 0 saturated carbocycles. The fourth-order valence-corrected chi connectivity index (χ4v) is 3.11. The third kappa shape index (κ3) is 3.11. The van der Waals surface area contributed by atoms with Gasteiger partial charge in [0, 0.05) is 43.0 Å². The summed E-state index contributed by atoms with van der Waals surface area (Å²) < 4.78 is 0. The van der Waals surface area contributed by atoms with E-state index in [9.17, 15) is 9.90 Å². The largest absolute Gasteiger partial charge is 0.506 e. The average Bonchev–Trinajstić information content (AvgIpc) is 2.69. The molecule has 0 spiro atoms. The van der Waals surface area contributed by atoms with Gasteiger partial charge in [-0.15, -0.1) is 0 Å². The SMILES string of the molecule is O=C(c1ccc(O)c(Cl)c1)N1CCc2nc(-c3ccccn3)ncc2C1. The molecule has 7 heteroatoms. The molecule has 1 aliphatic heterocycles. The maximum atomic E-state index is 12.7. The van der Waals surface area contributed by atoms with Crippen molar-refractivity contribution in [1.82, 2.24) is 19.9 Å². The van der Waals surface area contributed by atoms with E-state index in [2.05, 4.69) is 15.0 Å². The molecule has 0 atom stereocenters. The van der Waals surface area contributed by atoms with Crippen molar-refractivity contribution in [2.45, 2.75) is 13.0 Å². The molecule has 0 fully saturated rings. The molecule has 1 aliphatic rings. The number of benzene rings is 1. The molecule has 1 N–H and O–H groups in total. The fraction of sp³-hybridized carbons (Fsp3) is 0.158. The van der Waals surface area contributed by atoms with Gasteiger partial charge in [0.1, 0.15) is 11.4 Å². The molecule has 6 nitrogen and oxygen atoms in total. The second-order valence-electron chi connectivity index (χ2n) is 6.02. The third-order valence-corrected chi connectivity index (χ3v) is 4.61. The molecule has 130 valence electrons. The number of phenolic OH excluding ortho intramolecular Hbond substituents is 1. The van der Waals surface area contributed by atoms with E-state index in [1.54, 1.807) is 23.4 Å². The van der Waals surface area contributed by atoms with Crippen molar-refractivity contribution in [2.75, 3.05) is 6.54 Å². The van der Waals surface area contributed by atoms with Gasteiger partial charge >= 0.3 is 0 Å². The molecule has 1 amide bonds. The zero-order valence-corrected chi connectivity index (χ0v) is 14.5. The Morgan fingerprint density at radius 1 is 1.19 bits per heavy atom. The van der Waals surface area contributed by atoms with Crippen LogP contribution in [0.3, 0.4) is 0 Å². The van der Waals surface area contributed by atoms with Crippen LogP contribution in [0.15, 0.2) is 48.8 Å². The summed E-state index contributed by atoms with van der Waals surface area (Å²) in [7, 11) is 0. The van der Waals surface area contributed by atoms with Crippen LogP contribution in [0, 0.1) is 0 Å². The maximum absolute atomic E-state index is 12.7. The van der Waals surface area contributed by atoms with Crippen LogP contribution < -0.4 is 0 Å². The fourth-order valence-electron chi connectivity index (χ4n) is 2.93.